The number of nitrogens with one attached hydrogen (secondary N) is 1. The number of hydrogen-bond donors (Lipinski definition) is 1. The number of guanidine groups is 1. The molecule has 0 aromatic heterocycles. The lowest BCUT2D eigenvalue weighted by Crippen LogP contribution is -2.41. The van der Waals surface area contributed by atoms with Crippen molar-refractivity contribution in [1.29, 1.82) is 0 Å². The Kier molecular flexibility index (Phi) is 10.1. The molecule has 1 aliphatic heterocycles. The molecule has 1 fully saturated rings. The Morgan fingerprint density at radius 3 is 2.71 bits per heavy atom. The van der Waals surface area contributed by atoms with Gasteiger partial charge in [-0.25, -0.2) is 4.39 Å². The maximum Gasteiger partial charge on any atom is 0.193 e. The van der Waals surface area contributed by atoms with Crippen LogP contribution in [0.1, 0.15) is 19.8 Å². The second-order valence-electron chi connectivity index (χ2n) is 7.17. The standard InChI is InChI=1S/C21H35FN4O2/c1-4-23-21(24-17-18-9-11-26(12-10-18)14-15-27-3)25(2)13-16-28-20-8-6-5-7-19(20)22/h5-8,18H,4,9-17H2,1-3H3,(H,23,24). The maximum absolute atomic E-state index is 13.6. The van der Waals surface area contributed by atoms with Crippen LogP contribution in [0.5, 0.6) is 5.75 Å². The fourth-order valence-electron chi connectivity index (χ4n) is 3.26. The Bertz CT molecular complexity index is 592. The van der Waals surface area contributed by atoms with Gasteiger partial charge in [-0.1, -0.05) is 12.1 Å². The summed E-state index contributed by atoms with van der Waals surface area (Å²) in [4.78, 5) is 9.33. The van der Waals surface area contributed by atoms with E-state index in [0.29, 0.717) is 19.1 Å². The summed E-state index contributed by atoms with van der Waals surface area (Å²) in [6, 6.07) is 6.49. The van der Waals surface area contributed by atoms with Gasteiger partial charge in [-0.3, -0.25) is 4.99 Å². The van der Waals surface area contributed by atoms with Crippen molar-refractivity contribution >= 4 is 5.96 Å². The minimum Gasteiger partial charge on any atom is -0.489 e. The Balaban J connectivity index is 1.77. The van der Waals surface area contributed by atoms with Crippen molar-refractivity contribution in [1.82, 2.24) is 15.1 Å². The van der Waals surface area contributed by atoms with E-state index >= 15 is 0 Å². The third-order valence-corrected chi connectivity index (χ3v) is 5.04. The largest absolute Gasteiger partial charge is 0.489 e. The molecule has 0 amide bonds. The van der Waals surface area contributed by atoms with Crippen LogP contribution in [-0.2, 0) is 4.74 Å². The minimum atomic E-state index is -0.331. The van der Waals surface area contributed by atoms with E-state index in [4.69, 9.17) is 14.5 Å². The van der Waals surface area contributed by atoms with Crippen LogP contribution in [0.3, 0.4) is 0 Å². The van der Waals surface area contributed by atoms with Crippen molar-refractivity contribution in [2.75, 3.05) is 66.6 Å². The molecule has 0 radical (unpaired) electrons. The summed E-state index contributed by atoms with van der Waals surface area (Å²) in [5.74, 6) is 1.46. The van der Waals surface area contributed by atoms with Gasteiger partial charge in [0.15, 0.2) is 17.5 Å². The summed E-state index contributed by atoms with van der Waals surface area (Å²) >= 11 is 0. The quantitative estimate of drug-likeness (QED) is 0.488. The summed E-state index contributed by atoms with van der Waals surface area (Å²) < 4.78 is 24.4. The summed E-state index contributed by atoms with van der Waals surface area (Å²) in [6.07, 6.45) is 2.35. The lowest BCUT2D eigenvalue weighted by Gasteiger charge is -2.31. The molecule has 2 rings (SSSR count). The van der Waals surface area contributed by atoms with Crippen molar-refractivity contribution in [3.63, 3.8) is 0 Å². The van der Waals surface area contributed by atoms with Crippen molar-refractivity contribution in [3.05, 3.63) is 30.1 Å². The van der Waals surface area contributed by atoms with Gasteiger partial charge in [0, 0.05) is 33.8 Å². The molecular formula is C21H35FN4O2. The Labute approximate surface area is 168 Å². The van der Waals surface area contributed by atoms with Gasteiger partial charge in [-0.15, -0.1) is 0 Å². The van der Waals surface area contributed by atoms with Gasteiger partial charge in [0.25, 0.3) is 0 Å². The summed E-state index contributed by atoms with van der Waals surface area (Å²) in [5, 5.41) is 3.34. The van der Waals surface area contributed by atoms with Crippen LogP contribution >= 0.6 is 0 Å². The first-order valence-electron chi connectivity index (χ1n) is 10.2. The number of ether oxygens (including phenoxy) is 2. The fourth-order valence-corrected chi connectivity index (χ4v) is 3.26. The third-order valence-electron chi connectivity index (χ3n) is 5.04. The number of aliphatic imine (C=N–C) groups is 1. The Morgan fingerprint density at radius 2 is 2.04 bits per heavy atom. The molecule has 0 aliphatic carbocycles. The van der Waals surface area contributed by atoms with E-state index in [1.54, 1.807) is 25.3 Å². The number of nitrogens with zero attached hydrogens (tertiary/aromatic N) is 3. The van der Waals surface area contributed by atoms with Crippen molar-refractivity contribution in [3.8, 4) is 5.75 Å². The van der Waals surface area contributed by atoms with Gasteiger partial charge in [-0.2, -0.15) is 0 Å². The third kappa shape index (κ3) is 7.64. The second kappa shape index (κ2) is 12.6. The predicted molar refractivity (Wildman–Crippen MR) is 112 cm³/mol. The van der Waals surface area contributed by atoms with E-state index in [9.17, 15) is 4.39 Å². The number of benzene rings is 1. The molecule has 6 nitrogen and oxygen atoms in total. The molecule has 0 atom stereocenters. The number of likely N-dealkylation sites (tertiary alicyclic amines) is 1. The average Bonchev–Trinajstić information content (AvgIpc) is 2.71. The molecule has 158 valence electrons. The SMILES string of the molecule is CCNC(=NCC1CCN(CCOC)CC1)N(C)CCOc1ccccc1F. The Morgan fingerprint density at radius 1 is 1.29 bits per heavy atom. The molecule has 0 spiro atoms. The molecule has 1 aliphatic rings. The highest BCUT2D eigenvalue weighted by Gasteiger charge is 2.19. The van der Waals surface area contributed by atoms with Gasteiger partial charge in [0.1, 0.15) is 6.61 Å². The van der Waals surface area contributed by atoms with Crippen LogP contribution in [0.4, 0.5) is 4.39 Å². The minimum absolute atomic E-state index is 0.290. The molecule has 1 aromatic carbocycles. The van der Waals surface area contributed by atoms with Crippen LogP contribution < -0.4 is 10.1 Å². The number of para-hydroxylation sites is 1. The molecule has 1 aromatic rings. The summed E-state index contributed by atoms with van der Waals surface area (Å²) in [6.45, 7) is 8.79. The molecule has 0 unspecified atom stereocenters. The second-order valence-corrected chi connectivity index (χ2v) is 7.17. The van der Waals surface area contributed by atoms with E-state index in [0.717, 1.165) is 45.3 Å². The van der Waals surface area contributed by atoms with Crippen molar-refractivity contribution < 1.29 is 13.9 Å². The number of halogens is 1. The van der Waals surface area contributed by atoms with Gasteiger partial charge in [0.05, 0.1) is 13.2 Å². The number of rotatable bonds is 10. The highest BCUT2D eigenvalue weighted by Crippen LogP contribution is 2.17. The zero-order chi connectivity index (χ0) is 20.2. The lowest BCUT2D eigenvalue weighted by atomic mass is 9.97. The lowest BCUT2D eigenvalue weighted by molar-refractivity contribution is 0.121. The van der Waals surface area contributed by atoms with E-state index in [1.807, 2.05) is 11.9 Å². The molecule has 0 bridgehead atoms. The maximum atomic E-state index is 13.6. The molecule has 1 N–H and O–H groups in total. The summed E-state index contributed by atoms with van der Waals surface area (Å²) in [5.41, 5.74) is 0. The molecule has 0 saturated carbocycles. The van der Waals surface area contributed by atoms with E-state index < -0.39 is 0 Å². The summed E-state index contributed by atoms with van der Waals surface area (Å²) in [7, 11) is 3.74. The number of piperidine rings is 1. The fraction of sp³-hybridized carbons (Fsp3) is 0.667. The van der Waals surface area contributed by atoms with Crippen molar-refractivity contribution in [2.24, 2.45) is 10.9 Å². The first kappa shape index (κ1) is 22.4. The number of methoxy groups -OCH3 is 1. The first-order chi connectivity index (χ1) is 13.6. The molecule has 28 heavy (non-hydrogen) atoms. The zero-order valence-corrected chi connectivity index (χ0v) is 17.5. The molecular weight excluding hydrogens is 359 g/mol. The number of likely N-dealkylation sites (N-methyl/N-ethyl adjacent to an activating group) is 1. The highest BCUT2D eigenvalue weighted by molar-refractivity contribution is 5.79. The molecule has 1 heterocycles. The molecule has 1 saturated heterocycles. The van der Waals surface area contributed by atoms with Gasteiger partial charge in [0.2, 0.25) is 0 Å². The van der Waals surface area contributed by atoms with Crippen LogP contribution in [0, 0.1) is 11.7 Å². The van der Waals surface area contributed by atoms with Crippen LogP contribution in [0.2, 0.25) is 0 Å². The monoisotopic (exact) mass is 394 g/mol. The van der Waals surface area contributed by atoms with E-state index in [2.05, 4.69) is 17.1 Å². The Hall–Kier alpha value is -1.86. The van der Waals surface area contributed by atoms with Crippen LogP contribution in [-0.4, -0.2) is 82.4 Å². The topological polar surface area (TPSA) is 49.3 Å². The zero-order valence-electron chi connectivity index (χ0n) is 17.5. The smallest absolute Gasteiger partial charge is 0.193 e. The van der Waals surface area contributed by atoms with Gasteiger partial charge in [-0.05, 0) is 50.9 Å². The highest BCUT2D eigenvalue weighted by atomic mass is 19.1. The number of hydrogen-bond acceptors (Lipinski definition) is 4. The van der Waals surface area contributed by atoms with Crippen LogP contribution in [0.15, 0.2) is 29.3 Å². The van der Waals surface area contributed by atoms with Crippen molar-refractivity contribution in [2.45, 2.75) is 19.8 Å². The molecule has 7 heteroatoms. The average molecular weight is 395 g/mol. The van der Waals surface area contributed by atoms with Crippen LogP contribution in [0.25, 0.3) is 0 Å². The predicted octanol–water partition coefficient (Wildman–Crippen LogP) is 2.46. The first-order valence-corrected chi connectivity index (χ1v) is 10.2. The van der Waals surface area contributed by atoms with E-state index in [1.165, 1.54) is 18.9 Å². The van der Waals surface area contributed by atoms with Gasteiger partial charge >= 0.3 is 0 Å². The normalized spacial score (nSPS) is 16.2. The van der Waals surface area contributed by atoms with E-state index in [-0.39, 0.29) is 11.6 Å². The van der Waals surface area contributed by atoms with Gasteiger partial charge < -0.3 is 24.6 Å².